The molecule has 7 heteroatoms. The second-order valence-electron chi connectivity index (χ2n) is 5.71. The van der Waals surface area contributed by atoms with Crippen molar-refractivity contribution >= 4 is 17.3 Å². The molecule has 6 nitrogen and oxygen atoms in total. The van der Waals surface area contributed by atoms with Gasteiger partial charge in [-0.2, -0.15) is 5.10 Å². The first-order valence-corrected chi connectivity index (χ1v) is 7.62. The van der Waals surface area contributed by atoms with Gasteiger partial charge >= 0.3 is 0 Å². The molecule has 0 aromatic carbocycles. The van der Waals surface area contributed by atoms with E-state index in [1.807, 2.05) is 19.0 Å². The number of anilines is 1. The summed E-state index contributed by atoms with van der Waals surface area (Å²) in [6.45, 7) is 4.88. The van der Waals surface area contributed by atoms with E-state index in [0.29, 0.717) is 18.2 Å². The molecular weight excluding hydrogens is 292 g/mol. The van der Waals surface area contributed by atoms with Gasteiger partial charge in [0.2, 0.25) is 0 Å². The second-order valence-corrected chi connectivity index (χ2v) is 6.09. The van der Waals surface area contributed by atoms with Crippen molar-refractivity contribution in [3.05, 3.63) is 21.6 Å². The van der Waals surface area contributed by atoms with Crippen molar-refractivity contribution in [2.75, 3.05) is 39.1 Å². The fourth-order valence-electron chi connectivity index (χ4n) is 2.33. The van der Waals surface area contributed by atoms with Crippen molar-refractivity contribution in [1.82, 2.24) is 14.7 Å². The van der Waals surface area contributed by atoms with Gasteiger partial charge in [-0.3, -0.25) is 4.79 Å². The molecule has 0 radical (unpaired) electrons. The first-order valence-electron chi connectivity index (χ1n) is 7.25. The average Bonchev–Trinajstić information content (AvgIpc) is 2.85. The summed E-state index contributed by atoms with van der Waals surface area (Å²) in [4.78, 5) is 14.1. The maximum atomic E-state index is 12.1. The van der Waals surface area contributed by atoms with Crippen LogP contribution < -0.4 is 10.9 Å². The standard InChI is InChI=1S/C14H23ClN4O2/c1-10-11(4-7-21-10)8-16-12-9-17-19(6-5-18(2)3)14(20)13(12)15/h9-11,16H,4-8H2,1-3H3. The molecule has 1 saturated heterocycles. The maximum Gasteiger partial charge on any atom is 0.287 e. The molecule has 1 fully saturated rings. The second kappa shape index (κ2) is 7.24. The summed E-state index contributed by atoms with van der Waals surface area (Å²) in [6.07, 6.45) is 2.89. The van der Waals surface area contributed by atoms with Crippen molar-refractivity contribution in [2.45, 2.75) is 26.0 Å². The van der Waals surface area contributed by atoms with Crippen LogP contribution in [0.1, 0.15) is 13.3 Å². The first-order chi connectivity index (χ1) is 9.99. The van der Waals surface area contributed by atoms with Gasteiger partial charge in [-0.1, -0.05) is 11.6 Å². The lowest BCUT2D eigenvalue weighted by atomic mass is 10.0. The molecule has 1 aromatic heterocycles. The normalized spacial score (nSPS) is 22.0. The number of rotatable bonds is 6. The van der Waals surface area contributed by atoms with Crippen LogP contribution in [0.25, 0.3) is 0 Å². The molecule has 2 rings (SSSR count). The van der Waals surface area contributed by atoms with E-state index >= 15 is 0 Å². The molecule has 1 aromatic rings. The number of hydrogen-bond acceptors (Lipinski definition) is 5. The Bertz CT molecular complexity index is 532. The third-order valence-corrected chi connectivity index (χ3v) is 4.20. The van der Waals surface area contributed by atoms with E-state index in [4.69, 9.17) is 16.3 Å². The Morgan fingerprint density at radius 3 is 2.95 bits per heavy atom. The van der Waals surface area contributed by atoms with Crippen LogP contribution in [0.3, 0.4) is 0 Å². The van der Waals surface area contributed by atoms with Crippen LogP contribution in [-0.4, -0.2) is 54.6 Å². The first kappa shape index (κ1) is 16.3. The minimum Gasteiger partial charge on any atom is -0.382 e. The summed E-state index contributed by atoms with van der Waals surface area (Å²) in [5, 5.41) is 7.60. The van der Waals surface area contributed by atoms with Gasteiger partial charge in [-0.05, 0) is 27.4 Å². The number of likely N-dealkylation sites (N-methyl/N-ethyl adjacent to an activating group) is 1. The zero-order chi connectivity index (χ0) is 15.4. The Kier molecular flexibility index (Phi) is 5.61. The maximum absolute atomic E-state index is 12.1. The number of nitrogens with zero attached hydrogens (tertiary/aromatic N) is 3. The van der Waals surface area contributed by atoms with Gasteiger partial charge in [0, 0.05) is 25.6 Å². The number of hydrogen-bond donors (Lipinski definition) is 1. The molecule has 1 aliphatic heterocycles. The highest BCUT2D eigenvalue weighted by Crippen LogP contribution is 2.22. The van der Waals surface area contributed by atoms with E-state index in [1.165, 1.54) is 4.68 Å². The summed E-state index contributed by atoms with van der Waals surface area (Å²) in [7, 11) is 3.90. The fourth-order valence-corrected chi connectivity index (χ4v) is 2.54. The van der Waals surface area contributed by atoms with Crippen molar-refractivity contribution in [2.24, 2.45) is 5.92 Å². The summed E-state index contributed by atoms with van der Waals surface area (Å²) < 4.78 is 6.92. The molecule has 0 bridgehead atoms. The number of halogens is 1. The third-order valence-electron chi connectivity index (χ3n) is 3.83. The van der Waals surface area contributed by atoms with Crippen molar-refractivity contribution in [3.63, 3.8) is 0 Å². The van der Waals surface area contributed by atoms with Crippen LogP contribution in [0.4, 0.5) is 5.69 Å². The smallest absolute Gasteiger partial charge is 0.287 e. The number of nitrogens with one attached hydrogen (secondary N) is 1. The highest BCUT2D eigenvalue weighted by Gasteiger charge is 2.24. The Balaban J connectivity index is 2.01. The predicted molar refractivity (Wildman–Crippen MR) is 84.1 cm³/mol. The minimum absolute atomic E-state index is 0.204. The molecule has 2 heterocycles. The Labute approximate surface area is 130 Å². The largest absolute Gasteiger partial charge is 0.382 e. The third kappa shape index (κ3) is 4.18. The minimum atomic E-state index is -0.251. The van der Waals surface area contributed by atoms with E-state index in [-0.39, 0.29) is 16.7 Å². The van der Waals surface area contributed by atoms with Crippen LogP contribution in [0.15, 0.2) is 11.0 Å². The molecule has 0 amide bonds. The van der Waals surface area contributed by atoms with E-state index in [1.54, 1.807) is 6.20 Å². The van der Waals surface area contributed by atoms with Crippen LogP contribution in [0, 0.1) is 5.92 Å². The van der Waals surface area contributed by atoms with E-state index < -0.39 is 0 Å². The molecule has 1 aliphatic rings. The van der Waals surface area contributed by atoms with Gasteiger partial charge in [0.25, 0.3) is 5.56 Å². The van der Waals surface area contributed by atoms with Crippen LogP contribution >= 0.6 is 11.6 Å². The number of aromatic nitrogens is 2. The van der Waals surface area contributed by atoms with Crippen LogP contribution in [0.2, 0.25) is 5.02 Å². The monoisotopic (exact) mass is 314 g/mol. The molecular formula is C14H23ClN4O2. The average molecular weight is 315 g/mol. The zero-order valence-corrected chi connectivity index (χ0v) is 13.6. The molecule has 0 spiro atoms. The van der Waals surface area contributed by atoms with Crippen LogP contribution in [0.5, 0.6) is 0 Å². The SMILES string of the molecule is CC1OCCC1CNc1cnn(CCN(C)C)c(=O)c1Cl. The van der Waals surface area contributed by atoms with Gasteiger partial charge in [-0.15, -0.1) is 0 Å². The van der Waals surface area contributed by atoms with Gasteiger partial charge in [0.05, 0.1) is 24.5 Å². The lowest BCUT2D eigenvalue weighted by molar-refractivity contribution is 0.108. The summed E-state index contributed by atoms with van der Waals surface area (Å²) in [5.74, 6) is 0.442. The van der Waals surface area contributed by atoms with Gasteiger partial charge in [0.1, 0.15) is 5.02 Å². The topological polar surface area (TPSA) is 59.4 Å². The van der Waals surface area contributed by atoms with Crippen molar-refractivity contribution < 1.29 is 4.74 Å². The Morgan fingerprint density at radius 2 is 2.33 bits per heavy atom. The lowest BCUT2D eigenvalue weighted by Gasteiger charge is -2.16. The van der Waals surface area contributed by atoms with Crippen molar-refractivity contribution in [3.8, 4) is 0 Å². The Hall–Kier alpha value is -1.11. The van der Waals surface area contributed by atoms with Crippen molar-refractivity contribution in [1.29, 1.82) is 0 Å². The van der Waals surface area contributed by atoms with Gasteiger partial charge in [-0.25, -0.2) is 4.68 Å². The predicted octanol–water partition coefficient (Wildman–Crippen LogP) is 1.30. The molecule has 2 atom stereocenters. The molecule has 118 valence electrons. The van der Waals surface area contributed by atoms with E-state index in [2.05, 4.69) is 17.3 Å². The number of ether oxygens (including phenoxy) is 1. The quantitative estimate of drug-likeness (QED) is 0.857. The molecule has 0 aliphatic carbocycles. The highest BCUT2D eigenvalue weighted by atomic mass is 35.5. The fraction of sp³-hybridized carbons (Fsp3) is 0.714. The lowest BCUT2D eigenvalue weighted by Crippen LogP contribution is -2.30. The zero-order valence-electron chi connectivity index (χ0n) is 12.8. The molecule has 2 unspecified atom stereocenters. The molecule has 0 saturated carbocycles. The van der Waals surface area contributed by atoms with Crippen LogP contribution in [-0.2, 0) is 11.3 Å². The van der Waals surface area contributed by atoms with Gasteiger partial charge < -0.3 is 15.0 Å². The highest BCUT2D eigenvalue weighted by molar-refractivity contribution is 6.32. The summed E-state index contributed by atoms with van der Waals surface area (Å²) in [6, 6.07) is 0. The summed E-state index contributed by atoms with van der Waals surface area (Å²) >= 11 is 6.15. The van der Waals surface area contributed by atoms with Gasteiger partial charge in [0.15, 0.2) is 0 Å². The molecule has 1 N–H and O–H groups in total. The Morgan fingerprint density at radius 1 is 1.57 bits per heavy atom. The molecule has 21 heavy (non-hydrogen) atoms. The van der Waals surface area contributed by atoms with E-state index in [0.717, 1.165) is 26.1 Å². The summed E-state index contributed by atoms with van der Waals surface area (Å²) in [5.41, 5.74) is 0.348. The van der Waals surface area contributed by atoms with E-state index in [9.17, 15) is 4.79 Å².